The number of carbonyl (C=O) groups excluding carboxylic acids is 1. The van der Waals surface area contributed by atoms with Gasteiger partial charge in [-0.2, -0.15) is 0 Å². The summed E-state index contributed by atoms with van der Waals surface area (Å²) in [6, 6.07) is 0. The summed E-state index contributed by atoms with van der Waals surface area (Å²) in [7, 11) is -0.246. The van der Waals surface area contributed by atoms with Crippen LogP contribution in [0.1, 0.15) is 46.5 Å². The van der Waals surface area contributed by atoms with Crippen molar-refractivity contribution >= 4 is 14.3 Å². The first kappa shape index (κ1) is 15.7. The van der Waals surface area contributed by atoms with Gasteiger partial charge in [-0.05, 0) is 37.4 Å². The SMILES string of the molecule is COC(=O)[C@H]1CCC[C@@H](O[Si](C)(C)C(C)(C)C)C1. The number of methoxy groups -OCH3 is 1. The van der Waals surface area contributed by atoms with Crippen LogP contribution in [0.5, 0.6) is 0 Å². The summed E-state index contributed by atoms with van der Waals surface area (Å²) in [5, 5.41) is 0.227. The van der Waals surface area contributed by atoms with Crippen LogP contribution in [0.2, 0.25) is 18.1 Å². The zero-order valence-corrected chi connectivity index (χ0v) is 13.7. The number of hydrogen-bond acceptors (Lipinski definition) is 3. The highest BCUT2D eigenvalue weighted by Gasteiger charge is 2.40. The van der Waals surface area contributed by atoms with Crippen LogP contribution >= 0.6 is 0 Å². The molecule has 1 aliphatic rings. The molecule has 0 aromatic rings. The van der Waals surface area contributed by atoms with Gasteiger partial charge in [-0.1, -0.05) is 27.2 Å². The molecule has 106 valence electrons. The second-order valence-corrected chi connectivity index (χ2v) is 11.6. The molecule has 1 fully saturated rings. The van der Waals surface area contributed by atoms with E-state index in [-0.39, 0.29) is 23.0 Å². The Balaban J connectivity index is 2.60. The molecule has 0 aliphatic heterocycles. The van der Waals surface area contributed by atoms with Crippen LogP contribution < -0.4 is 0 Å². The van der Waals surface area contributed by atoms with Gasteiger partial charge in [0.15, 0.2) is 8.32 Å². The van der Waals surface area contributed by atoms with Crippen LogP contribution in [0.15, 0.2) is 0 Å². The Morgan fingerprint density at radius 1 is 1.22 bits per heavy atom. The molecule has 0 unspecified atom stereocenters. The van der Waals surface area contributed by atoms with Crippen molar-refractivity contribution < 1.29 is 14.0 Å². The van der Waals surface area contributed by atoms with Gasteiger partial charge in [-0.25, -0.2) is 0 Å². The first-order valence-corrected chi connectivity index (χ1v) is 9.84. The number of esters is 1. The average Bonchev–Trinajstić information content (AvgIpc) is 2.26. The Hall–Kier alpha value is -0.353. The second kappa shape index (κ2) is 5.74. The maximum Gasteiger partial charge on any atom is 0.308 e. The first-order valence-electron chi connectivity index (χ1n) is 6.93. The Labute approximate surface area is 112 Å². The van der Waals surface area contributed by atoms with Crippen molar-refractivity contribution in [3.63, 3.8) is 0 Å². The minimum atomic E-state index is -1.72. The summed E-state index contributed by atoms with van der Waals surface area (Å²) in [5.41, 5.74) is 0. The van der Waals surface area contributed by atoms with Gasteiger partial charge in [-0.15, -0.1) is 0 Å². The van der Waals surface area contributed by atoms with E-state index in [1.807, 2.05) is 0 Å². The lowest BCUT2D eigenvalue weighted by Crippen LogP contribution is -2.45. The zero-order valence-electron chi connectivity index (χ0n) is 12.7. The summed E-state index contributed by atoms with van der Waals surface area (Å²) >= 11 is 0. The molecule has 0 aromatic carbocycles. The van der Waals surface area contributed by atoms with E-state index in [1.54, 1.807) is 0 Å². The molecular weight excluding hydrogens is 244 g/mol. The average molecular weight is 272 g/mol. The normalized spacial score (nSPS) is 25.9. The third-order valence-corrected chi connectivity index (χ3v) is 8.96. The molecule has 1 aliphatic carbocycles. The fourth-order valence-electron chi connectivity index (χ4n) is 2.23. The third-order valence-electron chi connectivity index (χ3n) is 4.43. The van der Waals surface area contributed by atoms with Crippen LogP contribution in [-0.4, -0.2) is 27.5 Å². The molecule has 1 saturated carbocycles. The molecule has 18 heavy (non-hydrogen) atoms. The van der Waals surface area contributed by atoms with Gasteiger partial charge in [0.2, 0.25) is 0 Å². The maximum atomic E-state index is 11.6. The van der Waals surface area contributed by atoms with E-state index in [0.29, 0.717) is 0 Å². The molecule has 4 heteroatoms. The molecule has 0 bridgehead atoms. The van der Waals surface area contributed by atoms with E-state index < -0.39 is 8.32 Å². The van der Waals surface area contributed by atoms with Gasteiger partial charge < -0.3 is 9.16 Å². The van der Waals surface area contributed by atoms with E-state index in [1.165, 1.54) is 7.11 Å². The smallest absolute Gasteiger partial charge is 0.308 e. The van der Waals surface area contributed by atoms with Gasteiger partial charge in [0.25, 0.3) is 0 Å². The monoisotopic (exact) mass is 272 g/mol. The zero-order chi connectivity index (χ0) is 14.0. The van der Waals surface area contributed by atoms with Gasteiger partial charge >= 0.3 is 5.97 Å². The van der Waals surface area contributed by atoms with Crippen molar-refractivity contribution in [2.24, 2.45) is 5.92 Å². The van der Waals surface area contributed by atoms with Crippen molar-refractivity contribution in [1.82, 2.24) is 0 Å². The molecule has 0 saturated heterocycles. The Bertz CT molecular complexity index is 294. The lowest BCUT2D eigenvalue weighted by molar-refractivity contribution is -0.147. The number of hydrogen-bond donors (Lipinski definition) is 0. The van der Waals surface area contributed by atoms with Crippen LogP contribution in [0, 0.1) is 5.92 Å². The molecule has 3 nitrogen and oxygen atoms in total. The summed E-state index contributed by atoms with van der Waals surface area (Å²) in [4.78, 5) is 11.6. The van der Waals surface area contributed by atoms with Crippen molar-refractivity contribution in [2.45, 2.75) is 70.7 Å². The Morgan fingerprint density at radius 2 is 1.83 bits per heavy atom. The van der Waals surface area contributed by atoms with Crippen LogP contribution in [0.3, 0.4) is 0 Å². The minimum absolute atomic E-state index is 0.0403. The largest absolute Gasteiger partial charge is 0.469 e. The lowest BCUT2D eigenvalue weighted by Gasteiger charge is -2.41. The third kappa shape index (κ3) is 3.82. The van der Waals surface area contributed by atoms with Gasteiger partial charge in [-0.3, -0.25) is 4.79 Å². The second-order valence-electron chi connectivity index (χ2n) is 6.89. The maximum absolute atomic E-state index is 11.6. The standard InChI is InChI=1S/C14H28O3Si/c1-14(2,3)18(5,6)17-12-9-7-8-11(10-12)13(15)16-4/h11-12H,7-10H2,1-6H3/t11-,12+/m0/s1. The van der Waals surface area contributed by atoms with E-state index in [2.05, 4.69) is 33.9 Å². The highest BCUT2D eigenvalue weighted by molar-refractivity contribution is 6.74. The first-order chi connectivity index (χ1) is 8.17. The molecule has 0 heterocycles. The quantitative estimate of drug-likeness (QED) is 0.580. The number of carbonyl (C=O) groups is 1. The van der Waals surface area contributed by atoms with Crippen molar-refractivity contribution in [1.29, 1.82) is 0 Å². The topological polar surface area (TPSA) is 35.5 Å². The lowest BCUT2D eigenvalue weighted by atomic mass is 9.87. The number of ether oxygens (including phenoxy) is 1. The molecule has 0 N–H and O–H groups in total. The van der Waals surface area contributed by atoms with Gasteiger partial charge in [0.05, 0.1) is 13.0 Å². The van der Waals surface area contributed by atoms with Crippen molar-refractivity contribution in [2.75, 3.05) is 7.11 Å². The summed E-state index contributed by atoms with van der Waals surface area (Å²) in [6.07, 6.45) is 4.17. The molecule has 1 rings (SSSR count). The predicted molar refractivity (Wildman–Crippen MR) is 76.0 cm³/mol. The minimum Gasteiger partial charge on any atom is -0.469 e. The predicted octanol–water partition coefficient (Wildman–Crippen LogP) is 3.74. The van der Waals surface area contributed by atoms with E-state index in [0.717, 1.165) is 25.7 Å². The summed E-state index contributed by atoms with van der Waals surface area (Å²) < 4.78 is 11.3. The molecule has 2 atom stereocenters. The Morgan fingerprint density at radius 3 is 2.33 bits per heavy atom. The van der Waals surface area contributed by atoms with Crippen molar-refractivity contribution in [3.05, 3.63) is 0 Å². The van der Waals surface area contributed by atoms with E-state index in [4.69, 9.17) is 9.16 Å². The van der Waals surface area contributed by atoms with Crippen LogP contribution in [-0.2, 0) is 14.0 Å². The highest BCUT2D eigenvalue weighted by atomic mass is 28.4. The summed E-state index contributed by atoms with van der Waals surface area (Å²) in [6.45, 7) is 11.3. The highest BCUT2D eigenvalue weighted by Crippen LogP contribution is 2.39. The van der Waals surface area contributed by atoms with Gasteiger partial charge in [0.1, 0.15) is 0 Å². The van der Waals surface area contributed by atoms with E-state index in [9.17, 15) is 4.79 Å². The van der Waals surface area contributed by atoms with Crippen LogP contribution in [0.4, 0.5) is 0 Å². The molecule has 0 aromatic heterocycles. The molecule has 0 radical (unpaired) electrons. The van der Waals surface area contributed by atoms with Gasteiger partial charge in [0, 0.05) is 6.10 Å². The van der Waals surface area contributed by atoms with Crippen molar-refractivity contribution in [3.8, 4) is 0 Å². The van der Waals surface area contributed by atoms with Crippen LogP contribution in [0.25, 0.3) is 0 Å². The fourth-order valence-corrected chi connectivity index (χ4v) is 3.63. The van der Waals surface area contributed by atoms with E-state index >= 15 is 0 Å². The number of rotatable bonds is 3. The molecule has 0 amide bonds. The fraction of sp³-hybridized carbons (Fsp3) is 0.929. The Kier molecular flexibility index (Phi) is 5.01. The summed E-state index contributed by atoms with van der Waals surface area (Å²) in [5.74, 6) is -0.0305. The molecule has 0 spiro atoms. The molecular formula is C14H28O3Si.